The van der Waals surface area contributed by atoms with E-state index < -0.39 is 0 Å². The maximum atomic E-state index is 12.4. The van der Waals surface area contributed by atoms with Gasteiger partial charge in [0.25, 0.3) is 5.91 Å². The lowest BCUT2D eigenvalue weighted by Gasteiger charge is -2.26. The Morgan fingerprint density at radius 1 is 1.15 bits per heavy atom. The highest BCUT2D eigenvalue weighted by Gasteiger charge is 2.11. The molecule has 3 rings (SSSR count). The monoisotopic (exact) mass is 366 g/mol. The zero-order valence-corrected chi connectivity index (χ0v) is 15.5. The lowest BCUT2D eigenvalue weighted by Crippen LogP contribution is -2.35. The molecule has 1 aliphatic heterocycles. The number of rotatable bonds is 8. The van der Waals surface area contributed by atoms with E-state index in [-0.39, 0.29) is 5.91 Å². The number of carbonyl (C=O) groups excluding carboxylic acids is 1. The molecule has 2 aromatic rings. The van der Waals surface area contributed by atoms with Crippen LogP contribution in [0.4, 0.5) is 0 Å². The normalized spacial score (nSPS) is 14.5. The Balaban J connectivity index is 1.52. The fraction of sp³-hybridized carbons (Fsp3) is 0.318. The number of hydrogen-bond donors (Lipinski definition) is 1. The fourth-order valence-corrected chi connectivity index (χ4v) is 3.00. The van der Waals surface area contributed by atoms with Gasteiger partial charge in [-0.3, -0.25) is 9.69 Å². The Kier molecular flexibility index (Phi) is 7.02. The summed E-state index contributed by atoms with van der Waals surface area (Å²) in [5.41, 5.74) is 2.97. The minimum absolute atomic E-state index is 0.0937. The Morgan fingerprint density at radius 2 is 1.89 bits per heavy atom. The Morgan fingerprint density at radius 3 is 2.63 bits per heavy atom. The van der Waals surface area contributed by atoms with E-state index in [0.29, 0.717) is 18.7 Å². The second kappa shape index (κ2) is 9.90. The smallest absolute Gasteiger partial charge is 0.251 e. The molecule has 0 saturated carbocycles. The summed E-state index contributed by atoms with van der Waals surface area (Å²) >= 11 is 0. The van der Waals surface area contributed by atoms with Crippen LogP contribution < -0.4 is 10.1 Å². The first-order valence-corrected chi connectivity index (χ1v) is 9.24. The predicted molar refractivity (Wildman–Crippen MR) is 106 cm³/mol. The summed E-state index contributed by atoms with van der Waals surface area (Å²) in [4.78, 5) is 14.7. The molecule has 1 amide bonds. The summed E-state index contributed by atoms with van der Waals surface area (Å²) in [6.45, 7) is 9.01. The van der Waals surface area contributed by atoms with Gasteiger partial charge in [0.2, 0.25) is 0 Å². The predicted octanol–water partition coefficient (Wildman–Crippen LogP) is 3.01. The van der Waals surface area contributed by atoms with E-state index >= 15 is 0 Å². The number of amides is 1. The third-order valence-corrected chi connectivity index (χ3v) is 4.44. The van der Waals surface area contributed by atoms with Crippen molar-refractivity contribution in [3.63, 3.8) is 0 Å². The van der Waals surface area contributed by atoms with Crippen LogP contribution in [-0.4, -0.2) is 43.7 Å². The van der Waals surface area contributed by atoms with Crippen LogP contribution in [0.1, 0.15) is 21.5 Å². The highest BCUT2D eigenvalue weighted by atomic mass is 16.5. The van der Waals surface area contributed by atoms with Crippen LogP contribution in [0.5, 0.6) is 5.75 Å². The topological polar surface area (TPSA) is 50.8 Å². The molecule has 142 valence electrons. The Bertz CT molecular complexity index is 752. The van der Waals surface area contributed by atoms with E-state index in [1.165, 1.54) is 5.56 Å². The molecule has 1 N–H and O–H groups in total. The SMILES string of the molecule is C=CCOc1ccc(C(=O)NCc2cccc(CN3CCOCC3)c2)cc1. The van der Waals surface area contributed by atoms with Gasteiger partial charge in [0.15, 0.2) is 0 Å². The van der Waals surface area contributed by atoms with E-state index in [1.54, 1.807) is 30.3 Å². The summed E-state index contributed by atoms with van der Waals surface area (Å²) in [6.07, 6.45) is 1.69. The van der Waals surface area contributed by atoms with Crippen LogP contribution in [0.15, 0.2) is 61.2 Å². The van der Waals surface area contributed by atoms with Gasteiger partial charge in [0, 0.05) is 31.7 Å². The van der Waals surface area contributed by atoms with Crippen molar-refractivity contribution >= 4 is 5.91 Å². The molecule has 1 aliphatic rings. The molecule has 0 spiro atoms. The molecule has 5 nitrogen and oxygen atoms in total. The molecule has 0 aliphatic carbocycles. The minimum Gasteiger partial charge on any atom is -0.490 e. The second-order valence-corrected chi connectivity index (χ2v) is 6.52. The molecule has 1 saturated heterocycles. The summed E-state index contributed by atoms with van der Waals surface area (Å²) in [6, 6.07) is 15.5. The molecule has 1 heterocycles. The van der Waals surface area contributed by atoms with Gasteiger partial charge in [-0.1, -0.05) is 36.9 Å². The highest BCUT2D eigenvalue weighted by Crippen LogP contribution is 2.13. The third kappa shape index (κ3) is 5.94. The molecule has 0 aromatic heterocycles. The van der Waals surface area contributed by atoms with E-state index in [0.717, 1.165) is 44.2 Å². The molecular weight excluding hydrogens is 340 g/mol. The Labute approximate surface area is 160 Å². The van der Waals surface area contributed by atoms with Gasteiger partial charge in [-0.2, -0.15) is 0 Å². The van der Waals surface area contributed by atoms with Gasteiger partial charge in [-0.15, -0.1) is 0 Å². The Hall–Kier alpha value is -2.63. The van der Waals surface area contributed by atoms with Crippen LogP contribution in [0.2, 0.25) is 0 Å². The average molecular weight is 366 g/mol. The van der Waals surface area contributed by atoms with Crippen LogP contribution in [0.25, 0.3) is 0 Å². The molecule has 0 atom stereocenters. The van der Waals surface area contributed by atoms with Gasteiger partial charge in [-0.05, 0) is 35.4 Å². The van der Waals surface area contributed by atoms with E-state index in [2.05, 4.69) is 28.9 Å². The van der Waals surface area contributed by atoms with E-state index in [1.807, 2.05) is 12.1 Å². The van der Waals surface area contributed by atoms with Crippen LogP contribution in [0.3, 0.4) is 0 Å². The lowest BCUT2D eigenvalue weighted by molar-refractivity contribution is 0.0342. The van der Waals surface area contributed by atoms with Crippen molar-refractivity contribution in [2.45, 2.75) is 13.1 Å². The zero-order valence-electron chi connectivity index (χ0n) is 15.5. The van der Waals surface area contributed by atoms with Crippen molar-refractivity contribution < 1.29 is 14.3 Å². The summed E-state index contributed by atoms with van der Waals surface area (Å²) in [7, 11) is 0. The van der Waals surface area contributed by atoms with Crippen LogP contribution in [-0.2, 0) is 17.8 Å². The molecule has 1 fully saturated rings. The van der Waals surface area contributed by atoms with Crippen molar-refractivity contribution in [3.05, 3.63) is 77.9 Å². The third-order valence-electron chi connectivity index (χ3n) is 4.44. The molecule has 27 heavy (non-hydrogen) atoms. The molecular formula is C22H26N2O3. The number of nitrogens with one attached hydrogen (secondary N) is 1. The highest BCUT2D eigenvalue weighted by molar-refractivity contribution is 5.94. The van der Waals surface area contributed by atoms with Crippen molar-refractivity contribution in [1.29, 1.82) is 0 Å². The molecule has 0 radical (unpaired) electrons. The molecule has 0 bridgehead atoms. The molecule has 5 heteroatoms. The summed E-state index contributed by atoms with van der Waals surface area (Å²) in [5, 5.41) is 2.98. The van der Waals surface area contributed by atoms with Crippen molar-refractivity contribution in [2.24, 2.45) is 0 Å². The van der Waals surface area contributed by atoms with Gasteiger partial charge in [0.05, 0.1) is 13.2 Å². The first kappa shape index (κ1) is 19.1. The molecule has 0 unspecified atom stereocenters. The standard InChI is InChI=1S/C22H26N2O3/c1-2-12-27-21-8-6-20(7-9-21)22(25)23-16-18-4-3-5-19(15-18)17-24-10-13-26-14-11-24/h2-9,15H,1,10-14,16-17H2,(H,23,25). The first-order chi connectivity index (χ1) is 13.2. The largest absolute Gasteiger partial charge is 0.490 e. The maximum Gasteiger partial charge on any atom is 0.251 e. The van der Waals surface area contributed by atoms with Gasteiger partial charge in [0.1, 0.15) is 12.4 Å². The van der Waals surface area contributed by atoms with Gasteiger partial charge >= 0.3 is 0 Å². The number of morpholine rings is 1. The van der Waals surface area contributed by atoms with Crippen molar-refractivity contribution in [2.75, 3.05) is 32.9 Å². The number of hydrogen-bond acceptors (Lipinski definition) is 4. The quantitative estimate of drug-likeness (QED) is 0.730. The van der Waals surface area contributed by atoms with Gasteiger partial charge in [-0.25, -0.2) is 0 Å². The van der Waals surface area contributed by atoms with Gasteiger partial charge < -0.3 is 14.8 Å². The van der Waals surface area contributed by atoms with E-state index in [9.17, 15) is 4.79 Å². The second-order valence-electron chi connectivity index (χ2n) is 6.52. The van der Waals surface area contributed by atoms with Crippen LogP contribution in [0, 0.1) is 0 Å². The van der Waals surface area contributed by atoms with Crippen LogP contribution >= 0.6 is 0 Å². The zero-order chi connectivity index (χ0) is 18.9. The lowest BCUT2D eigenvalue weighted by atomic mass is 10.1. The summed E-state index contributed by atoms with van der Waals surface area (Å²) in [5.74, 6) is 0.631. The number of ether oxygens (including phenoxy) is 2. The number of nitrogens with zero attached hydrogens (tertiary/aromatic N) is 1. The van der Waals surface area contributed by atoms with Crippen molar-refractivity contribution in [1.82, 2.24) is 10.2 Å². The maximum absolute atomic E-state index is 12.4. The average Bonchev–Trinajstić information content (AvgIpc) is 2.72. The summed E-state index contributed by atoms with van der Waals surface area (Å²) < 4.78 is 10.8. The first-order valence-electron chi connectivity index (χ1n) is 9.24. The van der Waals surface area contributed by atoms with E-state index in [4.69, 9.17) is 9.47 Å². The fourth-order valence-electron chi connectivity index (χ4n) is 3.00. The molecule has 2 aromatic carbocycles. The minimum atomic E-state index is -0.0937. The van der Waals surface area contributed by atoms with Crippen molar-refractivity contribution in [3.8, 4) is 5.75 Å². The number of benzene rings is 2. The number of carbonyl (C=O) groups is 1.